The van der Waals surface area contributed by atoms with Gasteiger partial charge in [-0.05, 0) is 24.3 Å². The first-order valence-corrected chi connectivity index (χ1v) is 8.56. The first kappa shape index (κ1) is 18.3. The Labute approximate surface area is 157 Å². The summed E-state index contributed by atoms with van der Waals surface area (Å²) in [6.07, 6.45) is 0.681. The van der Waals surface area contributed by atoms with Crippen LogP contribution in [-0.4, -0.2) is 18.4 Å². The molecule has 0 fully saturated rings. The fourth-order valence-corrected chi connectivity index (χ4v) is 2.46. The van der Waals surface area contributed by atoms with Gasteiger partial charge in [-0.3, -0.25) is 9.59 Å². The van der Waals surface area contributed by atoms with Gasteiger partial charge in [-0.15, -0.1) is 0 Å². The Morgan fingerprint density at radius 2 is 1.59 bits per heavy atom. The number of para-hydroxylation sites is 1. The standard InChI is InChI=1S/C21H20N2O4/c24-19(22-14-18-12-7-13-26-18)15-23-21(25)20(16-8-3-1-4-9-16)27-17-10-5-2-6-11-17/h1-13,20H,14-15H2,(H,22,24)(H,23,25). The molecule has 2 aromatic carbocycles. The van der Waals surface area contributed by atoms with Gasteiger partial charge in [-0.25, -0.2) is 0 Å². The van der Waals surface area contributed by atoms with E-state index in [1.54, 1.807) is 24.3 Å². The van der Waals surface area contributed by atoms with Crippen LogP contribution < -0.4 is 15.4 Å². The second-order valence-electron chi connectivity index (χ2n) is 5.80. The topological polar surface area (TPSA) is 80.6 Å². The van der Waals surface area contributed by atoms with Gasteiger partial charge in [-0.1, -0.05) is 48.5 Å². The average Bonchev–Trinajstić information content (AvgIpc) is 3.24. The molecule has 3 aromatic rings. The summed E-state index contributed by atoms with van der Waals surface area (Å²) in [5.74, 6) is 0.512. The molecule has 1 aromatic heterocycles. The zero-order valence-electron chi connectivity index (χ0n) is 14.6. The first-order valence-electron chi connectivity index (χ1n) is 8.56. The molecular weight excluding hydrogens is 344 g/mol. The number of amides is 2. The molecule has 0 radical (unpaired) electrons. The normalized spacial score (nSPS) is 11.4. The predicted molar refractivity (Wildman–Crippen MR) is 99.8 cm³/mol. The van der Waals surface area contributed by atoms with Crippen LogP contribution in [0.2, 0.25) is 0 Å². The van der Waals surface area contributed by atoms with Crippen molar-refractivity contribution in [3.8, 4) is 5.75 Å². The Bertz CT molecular complexity index is 848. The lowest BCUT2D eigenvalue weighted by Crippen LogP contribution is -2.40. The van der Waals surface area contributed by atoms with E-state index in [-0.39, 0.29) is 19.0 Å². The van der Waals surface area contributed by atoms with Gasteiger partial charge in [-0.2, -0.15) is 0 Å². The van der Waals surface area contributed by atoms with E-state index in [9.17, 15) is 9.59 Å². The molecule has 2 N–H and O–H groups in total. The molecule has 6 nitrogen and oxygen atoms in total. The van der Waals surface area contributed by atoms with Crippen LogP contribution in [0.25, 0.3) is 0 Å². The van der Waals surface area contributed by atoms with Crippen molar-refractivity contribution in [2.45, 2.75) is 12.6 Å². The van der Waals surface area contributed by atoms with Gasteiger partial charge in [0, 0.05) is 5.56 Å². The molecule has 138 valence electrons. The molecular formula is C21H20N2O4. The van der Waals surface area contributed by atoms with E-state index >= 15 is 0 Å². The minimum atomic E-state index is -0.855. The smallest absolute Gasteiger partial charge is 0.266 e. The number of nitrogens with one attached hydrogen (secondary N) is 2. The van der Waals surface area contributed by atoms with Crippen molar-refractivity contribution in [3.05, 3.63) is 90.4 Å². The minimum absolute atomic E-state index is 0.152. The molecule has 1 unspecified atom stereocenters. The highest BCUT2D eigenvalue weighted by Crippen LogP contribution is 2.21. The molecule has 1 atom stereocenters. The van der Waals surface area contributed by atoms with E-state index < -0.39 is 12.0 Å². The van der Waals surface area contributed by atoms with Crippen molar-refractivity contribution in [3.63, 3.8) is 0 Å². The van der Waals surface area contributed by atoms with Gasteiger partial charge in [0.15, 0.2) is 0 Å². The summed E-state index contributed by atoms with van der Waals surface area (Å²) in [5.41, 5.74) is 0.704. The number of ether oxygens (including phenoxy) is 1. The summed E-state index contributed by atoms with van der Waals surface area (Å²) in [6.45, 7) is 0.116. The number of benzene rings is 2. The number of carbonyl (C=O) groups excluding carboxylic acids is 2. The molecule has 2 amide bonds. The number of hydrogen-bond acceptors (Lipinski definition) is 4. The summed E-state index contributed by atoms with van der Waals surface area (Å²) in [4.78, 5) is 24.6. The SMILES string of the molecule is O=C(CNC(=O)C(Oc1ccccc1)c1ccccc1)NCc1ccco1. The quantitative estimate of drug-likeness (QED) is 0.644. The zero-order valence-corrected chi connectivity index (χ0v) is 14.6. The molecule has 6 heteroatoms. The molecule has 27 heavy (non-hydrogen) atoms. The van der Waals surface area contributed by atoms with Crippen molar-refractivity contribution in [2.75, 3.05) is 6.54 Å². The summed E-state index contributed by atoms with van der Waals surface area (Å²) in [5, 5.41) is 5.31. The Morgan fingerprint density at radius 3 is 2.26 bits per heavy atom. The van der Waals surface area contributed by atoms with Crippen molar-refractivity contribution >= 4 is 11.8 Å². The second-order valence-corrected chi connectivity index (χ2v) is 5.80. The molecule has 0 aliphatic rings. The molecule has 0 aliphatic heterocycles. The highest BCUT2D eigenvalue weighted by Gasteiger charge is 2.23. The molecule has 0 aliphatic carbocycles. The van der Waals surface area contributed by atoms with Crippen molar-refractivity contribution in [1.82, 2.24) is 10.6 Å². The average molecular weight is 364 g/mol. The van der Waals surface area contributed by atoms with Crippen LogP contribution in [0.4, 0.5) is 0 Å². The highest BCUT2D eigenvalue weighted by atomic mass is 16.5. The number of furan rings is 1. The fraction of sp³-hybridized carbons (Fsp3) is 0.143. The van der Waals surface area contributed by atoms with Gasteiger partial charge in [0.05, 0.1) is 19.4 Å². The third-order valence-electron chi connectivity index (χ3n) is 3.80. The summed E-state index contributed by atoms with van der Waals surface area (Å²) in [6, 6.07) is 21.7. The number of hydrogen-bond donors (Lipinski definition) is 2. The maximum atomic E-state index is 12.7. The van der Waals surface area contributed by atoms with Crippen LogP contribution >= 0.6 is 0 Å². The van der Waals surface area contributed by atoms with Crippen molar-refractivity contribution in [1.29, 1.82) is 0 Å². The van der Waals surface area contributed by atoms with Crippen LogP contribution in [-0.2, 0) is 16.1 Å². The highest BCUT2D eigenvalue weighted by molar-refractivity contribution is 5.87. The lowest BCUT2D eigenvalue weighted by molar-refractivity contribution is -0.131. The number of rotatable bonds is 8. The minimum Gasteiger partial charge on any atom is -0.476 e. The summed E-state index contributed by atoms with van der Waals surface area (Å²) in [7, 11) is 0. The van der Waals surface area contributed by atoms with Crippen LogP contribution in [0, 0.1) is 0 Å². The Hall–Kier alpha value is -3.54. The summed E-state index contributed by atoms with van der Waals surface area (Å²) >= 11 is 0. The lowest BCUT2D eigenvalue weighted by atomic mass is 10.1. The van der Waals surface area contributed by atoms with Crippen molar-refractivity contribution < 1.29 is 18.7 Å². The fourth-order valence-electron chi connectivity index (χ4n) is 2.46. The van der Waals surface area contributed by atoms with Crippen LogP contribution in [0.15, 0.2) is 83.5 Å². The lowest BCUT2D eigenvalue weighted by Gasteiger charge is -2.19. The monoisotopic (exact) mass is 364 g/mol. The molecule has 0 bridgehead atoms. The van der Waals surface area contributed by atoms with Gasteiger partial charge >= 0.3 is 0 Å². The number of carbonyl (C=O) groups is 2. The van der Waals surface area contributed by atoms with Gasteiger partial charge < -0.3 is 19.8 Å². The molecule has 0 saturated heterocycles. The van der Waals surface area contributed by atoms with Crippen molar-refractivity contribution in [2.24, 2.45) is 0 Å². The first-order chi connectivity index (χ1) is 13.2. The van der Waals surface area contributed by atoms with E-state index in [4.69, 9.17) is 9.15 Å². The predicted octanol–water partition coefficient (Wildman–Crippen LogP) is 2.83. The maximum Gasteiger partial charge on any atom is 0.266 e. The van der Waals surface area contributed by atoms with Crippen LogP contribution in [0.3, 0.4) is 0 Å². The second kappa shape index (κ2) is 9.24. The molecule has 0 spiro atoms. The maximum absolute atomic E-state index is 12.7. The van der Waals surface area contributed by atoms with E-state index in [1.807, 2.05) is 48.5 Å². The van der Waals surface area contributed by atoms with E-state index in [1.165, 1.54) is 6.26 Å². The van der Waals surface area contributed by atoms with Gasteiger partial charge in [0.25, 0.3) is 5.91 Å². The summed E-state index contributed by atoms with van der Waals surface area (Å²) < 4.78 is 11.0. The van der Waals surface area contributed by atoms with Gasteiger partial charge in [0.2, 0.25) is 12.0 Å². The largest absolute Gasteiger partial charge is 0.476 e. The van der Waals surface area contributed by atoms with Crippen LogP contribution in [0.1, 0.15) is 17.4 Å². The third kappa shape index (κ3) is 5.47. The molecule has 1 heterocycles. The van der Waals surface area contributed by atoms with Crippen LogP contribution in [0.5, 0.6) is 5.75 Å². The zero-order chi connectivity index (χ0) is 18.9. The van der Waals surface area contributed by atoms with E-state index in [2.05, 4.69) is 10.6 Å². The van der Waals surface area contributed by atoms with Gasteiger partial charge in [0.1, 0.15) is 11.5 Å². The van der Waals surface area contributed by atoms with E-state index in [0.717, 1.165) is 0 Å². The van der Waals surface area contributed by atoms with E-state index in [0.29, 0.717) is 17.1 Å². The third-order valence-corrected chi connectivity index (χ3v) is 3.80. The Morgan fingerprint density at radius 1 is 0.889 bits per heavy atom. The Balaban J connectivity index is 1.59. The molecule has 0 saturated carbocycles. The Kier molecular flexibility index (Phi) is 6.25. The molecule has 3 rings (SSSR count).